The summed E-state index contributed by atoms with van der Waals surface area (Å²) in [5.74, 6) is 0.670. The van der Waals surface area contributed by atoms with E-state index in [9.17, 15) is 10.2 Å². The number of rotatable bonds is 5. The van der Waals surface area contributed by atoms with Crippen LogP contribution in [0.1, 0.15) is 5.56 Å². The highest BCUT2D eigenvalue weighted by Gasteiger charge is 2.16. The Morgan fingerprint density at radius 1 is 0.857 bits per heavy atom. The number of aromatic nitrogens is 1. The number of nitrogens with one attached hydrogen (secondary N) is 1. The van der Waals surface area contributed by atoms with E-state index < -0.39 is 0 Å². The van der Waals surface area contributed by atoms with Gasteiger partial charge in [-0.3, -0.25) is 0 Å². The van der Waals surface area contributed by atoms with Crippen molar-refractivity contribution in [2.45, 2.75) is 0 Å². The minimum absolute atomic E-state index is 0.00528. The lowest BCUT2D eigenvalue weighted by molar-refractivity contribution is 0.459. The molecule has 0 aliphatic rings. The molecule has 0 unspecified atom stereocenters. The van der Waals surface area contributed by atoms with Crippen LogP contribution < -0.4 is 5.43 Å². The summed E-state index contributed by atoms with van der Waals surface area (Å²) < 4.78 is 5.90. The van der Waals surface area contributed by atoms with Crippen molar-refractivity contribution in [2.24, 2.45) is 5.10 Å². The van der Waals surface area contributed by atoms with E-state index in [1.54, 1.807) is 0 Å². The van der Waals surface area contributed by atoms with Gasteiger partial charge in [-0.2, -0.15) is 10.1 Å². The van der Waals surface area contributed by atoms with Crippen molar-refractivity contribution >= 4 is 12.2 Å². The highest BCUT2D eigenvalue weighted by atomic mass is 16.4. The summed E-state index contributed by atoms with van der Waals surface area (Å²) in [5, 5.41) is 23.4. The Bertz CT molecular complexity index is 1050. The van der Waals surface area contributed by atoms with Crippen LogP contribution in [0.5, 0.6) is 11.5 Å². The van der Waals surface area contributed by atoms with Crippen molar-refractivity contribution in [1.82, 2.24) is 4.98 Å². The number of nitrogens with zero attached hydrogens (tertiary/aromatic N) is 2. The summed E-state index contributed by atoms with van der Waals surface area (Å²) in [6, 6.07) is 23.8. The van der Waals surface area contributed by atoms with Crippen molar-refractivity contribution in [2.75, 3.05) is 5.43 Å². The SMILES string of the molecule is Oc1ccc(O)c(/C=N/Nc2nc(-c3ccccc3)c(-c3ccccc3)o2)c1. The summed E-state index contributed by atoms with van der Waals surface area (Å²) in [6.07, 6.45) is 1.38. The summed E-state index contributed by atoms with van der Waals surface area (Å²) in [7, 11) is 0. The highest BCUT2D eigenvalue weighted by Crippen LogP contribution is 2.34. The molecule has 0 fully saturated rings. The molecule has 0 atom stereocenters. The standard InChI is InChI=1S/C22H17N3O3/c26-18-11-12-19(27)17(13-18)14-23-25-22-24-20(15-7-3-1-4-8-15)21(28-22)16-9-5-2-6-10-16/h1-14,26-27H,(H,24,25)/b23-14+. The molecule has 0 aliphatic carbocycles. The van der Waals surface area contributed by atoms with Gasteiger partial charge in [0.15, 0.2) is 5.76 Å². The van der Waals surface area contributed by atoms with Gasteiger partial charge in [0.2, 0.25) is 0 Å². The van der Waals surface area contributed by atoms with Crippen molar-refractivity contribution in [1.29, 1.82) is 0 Å². The molecule has 28 heavy (non-hydrogen) atoms. The average molecular weight is 371 g/mol. The number of hydrazone groups is 1. The Balaban J connectivity index is 1.66. The molecule has 6 heteroatoms. The number of phenols is 2. The first-order valence-corrected chi connectivity index (χ1v) is 8.63. The lowest BCUT2D eigenvalue weighted by atomic mass is 10.1. The normalized spacial score (nSPS) is 11.0. The van der Waals surface area contributed by atoms with Gasteiger partial charge in [0, 0.05) is 16.7 Å². The second-order valence-corrected chi connectivity index (χ2v) is 6.04. The average Bonchev–Trinajstić information content (AvgIpc) is 3.16. The molecule has 0 bridgehead atoms. The molecule has 4 rings (SSSR count). The van der Waals surface area contributed by atoms with Gasteiger partial charge in [-0.15, -0.1) is 0 Å². The molecule has 138 valence electrons. The van der Waals surface area contributed by atoms with Crippen molar-refractivity contribution in [3.63, 3.8) is 0 Å². The summed E-state index contributed by atoms with van der Waals surface area (Å²) in [6.45, 7) is 0. The Morgan fingerprint density at radius 3 is 2.25 bits per heavy atom. The van der Waals surface area contributed by atoms with Crippen molar-refractivity contribution < 1.29 is 14.6 Å². The number of hydrogen-bond donors (Lipinski definition) is 3. The van der Waals surface area contributed by atoms with Crippen LogP contribution in [0.2, 0.25) is 0 Å². The lowest BCUT2D eigenvalue weighted by Crippen LogP contribution is -1.91. The third kappa shape index (κ3) is 3.71. The predicted octanol–water partition coefficient (Wildman–Crippen LogP) is 4.87. The van der Waals surface area contributed by atoms with Gasteiger partial charge in [-0.1, -0.05) is 60.7 Å². The fourth-order valence-electron chi connectivity index (χ4n) is 2.75. The molecule has 1 aromatic heterocycles. The molecule has 0 aliphatic heterocycles. The first kappa shape index (κ1) is 17.4. The maximum atomic E-state index is 9.81. The number of benzene rings is 3. The minimum atomic E-state index is 0.00528. The first-order chi connectivity index (χ1) is 13.7. The zero-order valence-electron chi connectivity index (χ0n) is 14.8. The second kappa shape index (κ2) is 7.67. The Hall–Kier alpha value is -4.06. The molecule has 6 nitrogen and oxygen atoms in total. The number of phenolic OH excluding ortho intramolecular Hbond substituents is 2. The van der Waals surface area contributed by atoms with Crippen LogP contribution in [0.25, 0.3) is 22.6 Å². The van der Waals surface area contributed by atoms with E-state index in [-0.39, 0.29) is 17.5 Å². The van der Waals surface area contributed by atoms with E-state index in [1.807, 2.05) is 60.7 Å². The summed E-state index contributed by atoms with van der Waals surface area (Å²) >= 11 is 0. The van der Waals surface area contributed by atoms with E-state index >= 15 is 0 Å². The smallest absolute Gasteiger partial charge is 0.316 e. The number of oxazole rings is 1. The van der Waals surface area contributed by atoms with Crippen LogP contribution in [0.3, 0.4) is 0 Å². The van der Waals surface area contributed by atoms with Gasteiger partial charge >= 0.3 is 6.01 Å². The van der Waals surface area contributed by atoms with E-state index in [4.69, 9.17) is 4.42 Å². The quantitative estimate of drug-likeness (QED) is 0.265. The van der Waals surface area contributed by atoms with Gasteiger partial charge < -0.3 is 14.6 Å². The zero-order chi connectivity index (χ0) is 19.3. The predicted molar refractivity (Wildman–Crippen MR) is 108 cm³/mol. The van der Waals surface area contributed by atoms with Crippen LogP contribution in [0.4, 0.5) is 6.01 Å². The second-order valence-electron chi connectivity index (χ2n) is 6.04. The van der Waals surface area contributed by atoms with Gasteiger partial charge in [0.1, 0.15) is 17.2 Å². The molecule has 4 aromatic rings. The topological polar surface area (TPSA) is 90.9 Å². The first-order valence-electron chi connectivity index (χ1n) is 8.63. The molecule has 0 saturated carbocycles. The number of anilines is 1. The monoisotopic (exact) mass is 371 g/mol. The molecule has 0 saturated heterocycles. The Morgan fingerprint density at radius 2 is 1.54 bits per heavy atom. The highest BCUT2D eigenvalue weighted by molar-refractivity contribution is 5.84. The van der Waals surface area contributed by atoms with Gasteiger partial charge in [0.05, 0.1) is 6.21 Å². The fraction of sp³-hybridized carbons (Fsp3) is 0. The fourth-order valence-corrected chi connectivity index (χ4v) is 2.75. The Labute approximate surface area is 161 Å². The molecular weight excluding hydrogens is 354 g/mol. The number of aromatic hydroxyl groups is 2. The van der Waals surface area contributed by atoms with E-state index in [2.05, 4.69) is 15.5 Å². The lowest BCUT2D eigenvalue weighted by Gasteiger charge is -2.00. The van der Waals surface area contributed by atoms with E-state index in [1.165, 1.54) is 24.4 Å². The molecule has 0 amide bonds. The maximum Gasteiger partial charge on any atom is 0.316 e. The van der Waals surface area contributed by atoms with Crippen LogP contribution in [-0.2, 0) is 0 Å². The molecular formula is C22H17N3O3. The molecule has 3 aromatic carbocycles. The Kier molecular flexibility index (Phi) is 4.76. The summed E-state index contributed by atoms with van der Waals surface area (Å²) in [5.41, 5.74) is 5.63. The van der Waals surface area contributed by atoms with Crippen LogP contribution in [-0.4, -0.2) is 21.4 Å². The largest absolute Gasteiger partial charge is 0.508 e. The summed E-state index contributed by atoms with van der Waals surface area (Å²) in [4.78, 5) is 4.52. The van der Waals surface area contributed by atoms with Crippen molar-refractivity contribution in [3.05, 3.63) is 84.4 Å². The minimum Gasteiger partial charge on any atom is -0.508 e. The molecule has 0 radical (unpaired) electrons. The van der Waals surface area contributed by atoms with E-state index in [0.29, 0.717) is 17.0 Å². The maximum absolute atomic E-state index is 9.81. The molecule has 1 heterocycles. The molecule has 3 N–H and O–H groups in total. The zero-order valence-corrected chi connectivity index (χ0v) is 14.8. The third-order valence-electron chi connectivity index (χ3n) is 4.09. The van der Waals surface area contributed by atoms with Gasteiger partial charge in [-0.05, 0) is 18.2 Å². The third-order valence-corrected chi connectivity index (χ3v) is 4.09. The van der Waals surface area contributed by atoms with Crippen LogP contribution >= 0.6 is 0 Å². The van der Waals surface area contributed by atoms with Gasteiger partial charge in [0.25, 0.3) is 0 Å². The molecule has 0 spiro atoms. The van der Waals surface area contributed by atoms with Gasteiger partial charge in [-0.25, -0.2) is 5.43 Å². The van der Waals surface area contributed by atoms with Crippen LogP contribution in [0, 0.1) is 0 Å². The van der Waals surface area contributed by atoms with Crippen LogP contribution in [0.15, 0.2) is 88.4 Å². The van der Waals surface area contributed by atoms with E-state index in [0.717, 1.165) is 11.1 Å². The number of hydrogen-bond acceptors (Lipinski definition) is 6. The van der Waals surface area contributed by atoms with Crippen molar-refractivity contribution in [3.8, 4) is 34.1 Å².